The second-order valence-electron chi connectivity index (χ2n) is 7.39. The van der Waals surface area contributed by atoms with Crippen LogP contribution in [0.4, 0.5) is 4.79 Å². The molecular weight excluding hydrogens is 332 g/mol. The van der Waals surface area contributed by atoms with Crippen LogP contribution in [0.5, 0.6) is 5.75 Å². The zero-order chi connectivity index (χ0) is 17.7. The first kappa shape index (κ1) is 15.9. The van der Waals surface area contributed by atoms with Crippen molar-refractivity contribution in [2.24, 2.45) is 0 Å². The van der Waals surface area contributed by atoms with E-state index in [9.17, 15) is 4.79 Å². The van der Waals surface area contributed by atoms with Gasteiger partial charge in [-0.3, -0.25) is 0 Å². The Balaban J connectivity index is 1.51. The Kier molecular flexibility index (Phi) is 3.74. The van der Waals surface area contributed by atoms with Gasteiger partial charge in [-0.1, -0.05) is 0 Å². The second kappa shape index (κ2) is 6.12. The van der Waals surface area contributed by atoms with Gasteiger partial charge in [0.05, 0.1) is 25.2 Å². The van der Waals surface area contributed by atoms with E-state index < -0.39 is 0 Å². The molecule has 0 radical (unpaired) electrons. The molecular formula is C18H24N6O2. The molecule has 1 amide bonds. The van der Waals surface area contributed by atoms with Crippen LogP contribution in [0.2, 0.25) is 0 Å². The maximum atomic E-state index is 13.4. The molecule has 3 saturated heterocycles. The molecule has 6 rings (SSSR count). The Morgan fingerprint density at radius 3 is 2.81 bits per heavy atom. The van der Waals surface area contributed by atoms with Crippen LogP contribution in [0.3, 0.4) is 0 Å². The standard InChI is InChI=1S/C18H24N6O2/c1-26-14-11-19-23(12-14)17-15-3-2-4-16(15)24(20-17)18(25)22-10-9-21-7-5-13(22)6-8-21/h11-13H,2-10H2,1H3. The van der Waals surface area contributed by atoms with Crippen LogP contribution in [0.1, 0.15) is 30.5 Å². The summed E-state index contributed by atoms with van der Waals surface area (Å²) in [5.74, 6) is 1.45. The minimum absolute atomic E-state index is 0.0299. The van der Waals surface area contributed by atoms with Crippen LogP contribution < -0.4 is 4.74 Å². The molecule has 5 heterocycles. The number of hydrogen-bond acceptors (Lipinski definition) is 5. The monoisotopic (exact) mass is 356 g/mol. The van der Waals surface area contributed by atoms with Gasteiger partial charge in [-0.15, -0.1) is 5.10 Å². The van der Waals surface area contributed by atoms with E-state index in [4.69, 9.17) is 9.84 Å². The number of aromatic nitrogens is 4. The third-order valence-electron chi connectivity index (χ3n) is 6.00. The number of rotatable bonds is 2. The highest BCUT2D eigenvalue weighted by Gasteiger charge is 2.35. The van der Waals surface area contributed by atoms with Gasteiger partial charge in [0, 0.05) is 37.8 Å². The molecule has 0 spiro atoms. The van der Waals surface area contributed by atoms with E-state index in [-0.39, 0.29) is 6.03 Å². The second-order valence-corrected chi connectivity index (χ2v) is 7.39. The van der Waals surface area contributed by atoms with Crippen LogP contribution in [-0.2, 0) is 12.8 Å². The van der Waals surface area contributed by atoms with Crippen molar-refractivity contribution in [1.82, 2.24) is 29.4 Å². The average Bonchev–Trinajstić information content (AvgIpc) is 3.33. The van der Waals surface area contributed by atoms with Crippen molar-refractivity contribution in [3.05, 3.63) is 23.7 Å². The van der Waals surface area contributed by atoms with Crippen molar-refractivity contribution in [3.63, 3.8) is 0 Å². The lowest BCUT2D eigenvalue weighted by Gasteiger charge is -2.31. The SMILES string of the molecule is COc1cnn(-c2nn(C(=O)N3CCN4CCC3CC4)c3c2CCC3)c1. The molecule has 0 saturated carbocycles. The molecule has 26 heavy (non-hydrogen) atoms. The number of hydrogen-bond donors (Lipinski definition) is 0. The van der Waals surface area contributed by atoms with Gasteiger partial charge in [-0.05, 0) is 32.1 Å². The topological polar surface area (TPSA) is 68.4 Å². The minimum atomic E-state index is 0.0299. The normalized spacial score (nSPS) is 24.6. The van der Waals surface area contributed by atoms with Gasteiger partial charge in [0.1, 0.15) is 0 Å². The number of piperidine rings is 1. The Labute approximate surface area is 152 Å². The molecule has 2 bridgehead atoms. The van der Waals surface area contributed by atoms with Crippen LogP contribution in [-0.4, -0.2) is 74.7 Å². The van der Waals surface area contributed by atoms with Crippen molar-refractivity contribution >= 4 is 6.03 Å². The van der Waals surface area contributed by atoms with Crippen molar-refractivity contribution in [3.8, 4) is 11.6 Å². The molecule has 2 aromatic heterocycles. The molecule has 0 atom stereocenters. The first-order chi connectivity index (χ1) is 12.7. The molecule has 1 aliphatic carbocycles. The Bertz CT molecular complexity index is 833. The highest BCUT2D eigenvalue weighted by atomic mass is 16.5. The van der Waals surface area contributed by atoms with Crippen LogP contribution in [0.25, 0.3) is 5.82 Å². The van der Waals surface area contributed by atoms with E-state index in [1.54, 1.807) is 22.7 Å². The number of nitrogens with zero attached hydrogens (tertiary/aromatic N) is 6. The Hall–Kier alpha value is -2.35. The summed E-state index contributed by atoms with van der Waals surface area (Å²) in [5, 5.41) is 9.05. The number of carbonyl (C=O) groups excluding carboxylic acids is 1. The van der Waals surface area contributed by atoms with E-state index in [0.717, 1.165) is 75.4 Å². The van der Waals surface area contributed by atoms with E-state index in [1.807, 2.05) is 11.1 Å². The molecule has 4 aliphatic rings. The third-order valence-corrected chi connectivity index (χ3v) is 6.00. The lowest BCUT2D eigenvalue weighted by Crippen LogP contribution is -2.44. The fraction of sp³-hybridized carbons (Fsp3) is 0.611. The van der Waals surface area contributed by atoms with Gasteiger partial charge in [0.15, 0.2) is 11.6 Å². The summed E-state index contributed by atoms with van der Waals surface area (Å²) in [6.07, 6.45) is 8.52. The van der Waals surface area contributed by atoms with E-state index in [1.165, 1.54) is 0 Å². The minimum Gasteiger partial charge on any atom is -0.493 e. The number of methoxy groups -OCH3 is 1. The van der Waals surface area contributed by atoms with Crippen molar-refractivity contribution in [2.45, 2.75) is 38.1 Å². The fourth-order valence-electron chi connectivity index (χ4n) is 4.55. The van der Waals surface area contributed by atoms with Gasteiger partial charge >= 0.3 is 6.03 Å². The third kappa shape index (κ3) is 2.43. The van der Waals surface area contributed by atoms with Crippen LogP contribution in [0, 0.1) is 0 Å². The summed E-state index contributed by atoms with van der Waals surface area (Å²) in [6, 6.07) is 0.373. The van der Waals surface area contributed by atoms with Crippen LogP contribution >= 0.6 is 0 Å². The summed E-state index contributed by atoms with van der Waals surface area (Å²) in [4.78, 5) is 17.9. The maximum absolute atomic E-state index is 13.4. The van der Waals surface area contributed by atoms with Crippen molar-refractivity contribution in [1.29, 1.82) is 0 Å². The smallest absolute Gasteiger partial charge is 0.345 e. The molecule has 8 heteroatoms. The molecule has 3 aliphatic heterocycles. The highest BCUT2D eigenvalue weighted by Crippen LogP contribution is 2.30. The summed E-state index contributed by atoms with van der Waals surface area (Å²) < 4.78 is 8.62. The van der Waals surface area contributed by atoms with Gasteiger partial charge in [0.25, 0.3) is 0 Å². The van der Waals surface area contributed by atoms with Gasteiger partial charge in [0.2, 0.25) is 0 Å². The molecule has 0 unspecified atom stereocenters. The van der Waals surface area contributed by atoms with Crippen molar-refractivity contribution in [2.75, 3.05) is 33.3 Å². The lowest BCUT2D eigenvalue weighted by atomic mass is 10.1. The van der Waals surface area contributed by atoms with Gasteiger partial charge < -0.3 is 14.5 Å². The number of ether oxygens (including phenoxy) is 1. The predicted octanol–water partition coefficient (Wildman–Crippen LogP) is 1.31. The summed E-state index contributed by atoms with van der Waals surface area (Å²) in [6.45, 7) is 3.96. The number of fused-ring (bicyclic) bond motifs is 5. The van der Waals surface area contributed by atoms with E-state index in [2.05, 4.69) is 10.00 Å². The zero-order valence-electron chi connectivity index (χ0n) is 15.1. The highest BCUT2D eigenvalue weighted by molar-refractivity contribution is 5.78. The van der Waals surface area contributed by atoms with E-state index in [0.29, 0.717) is 11.8 Å². The quantitative estimate of drug-likeness (QED) is 0.812. The predicted molar refractivity (Wildman–Crippen MR) is 94.9 cm³/mol. The molecule has 2 aromatic rings. The number of carbonyl (C=O) groups is 1. The summed E-state index contributed by atoms with van der Waals surface area (Å²) >= 11 is 0. The number of amides is 1. The zero-order valence-corrected chi connectivity index (χ0v) is 15.1. The Morgan fingerprint density at radius 1 is 1.19 bits per heavy atom. The first-order valence-electron chi connectivity index (χ1n) is 9.47. The van der Waals surface area contributed by atoms with E-state index >= 15 is 0 Å². The first-order valence-corrected chi connectivity index (χ1v) is 9.47. The van der Waals surface area contributed by atoms with Gasteiger partial charge in [-0.25, -0.2) is 9.48 Å². The molecule has 0 aromatic carbocycles. The van der Waals surface area contributed by atoms with Gasteiger partial charge in [-0.2, -0.15) is 9.78 Å². The largest absolute Gasteiger partial charge is 0.493 e. The molecule has 138 valence electrons. The summed E-state index contributed by atoms with van der Waals surface area (Å²) in [7, 11) is 1.62. The molecule has 8 nitrogen and oxygen atoms in total. The maximum Gasteiger partial charge on any atom is 0.345 e. The average molecular weight is 356 g/mol. The molecule has 0 N–H and O–H groups in total. The van der Waals surface area contributed by atoms with Crippen molar-refractivity contribution < 1.29 is 9.53 Å². The Morgan fingerprint density at radius 2 is 2.04 bits per heavy atom. The lowest BCUT2D eigenvalue weighted by molar-refractivity contribution is 0.168. The summed E-state index contributed by atoms with van der Waals surface area (Å²) in [5.41, 5.74) is 2.20. The molecule has 3 fully saturated rings. The fourth-order valence-corrected chi connectivity index (χ4v) is 4.55. The van der Waals surface area contributed by atoms with Crippen LogP contribution in [0.15, 0.2) is 12.4 Å².